The van der Waals surface area contributed by atoms with Gasteiger partial charge in [-0.15, -0.1) is 0 Å². The van der Waals surface area contributed by atoms with Gasteiger partial charge in [0.15, 0.2) is 0 Å². The number of carbonyl (C=O) groups excluding carboxylic acids is 1. The Bertz CT molecular complexity index is 442. The molecule has 104 valence electrons. The Labute approximate surface area is 115 Å². The van der Waals surface area contributed by atoms with Gasteiger partial charge in [-0.1, -0.05) is 19.1 Å². The summed E-state index contributed by atoms with van der Waals surface area (Å²) in [7, 11) is 0. The van der Waals surface area contributed by atoms with Crippen molar-refractivity contribution >= 4 is 11.6 Å². The topological polar surface area (TPSA) is 41.1 Å². The van der Waals surface area contributed by atoms with Gasteiger partial charge < -0.3 is 10.6 Å². The summed E-state index contributed by atoms with van der Waals surface area (Å²) in [6, 6.07) is 6.63. The summed E-state index contributed by atoms with van der Waals surface area (Å²) < 4.78 is 0. The van der Waals surface area contributed by atoms with Crippen molar-refractivity contribution in [3.63, 3.8) is 0 Å². The maximum Gasteiger partial charge on any atom is 0.238 e. The van der Waals surface area contributed by atoms with Gasteiger partial charge in [0.05, 0.1) is 6.54 Å². The molecule has 0 aromatic heterocycles. The van der Waals surface area contributed by atoms with Crippen molar-refractivity contribution in [1.29, 1.82) is 0 Å². The Morgan fingerprint density at radius 1 is 1.32 bits per heavy atom. The van der Waals surface area contributed by atoms with Crippen molar-refractivity contribution in [1.82, 2.24) is 5.32 Å². The van der Waals surface area contributed by atoms with E-state index in [1.54, 1.807) is 0 Å². The molecule has 3 heteroatoms. The summed E-state index contributed by atoms with van der Waals surface area (Å²) in [6.45, 7) is 4.60. The fraction of sp³-hybridized carbons (Fsp3) is 0.562. The minimum atomic E-state index is 0.0549. The van der Waals surface area contributed by atoms with Gasteiger partial charge in [-0.3, -0.25) is 4.79 Å². The van der Waals surface area contributed by atoms with Gasteiger partial charge in [-0.05, 0) is 56.2 Å². The fourth-order valence-electron chi connectivity index (χ4n) is 2.50. The molecule has 0 fully saturated rings. The van der Waals surface area contributed by atoms with E-state index in [2.05, 4.69) is 30.5 Å². The van der Waals surface area contributed by atoms with Crippen LogP contribution in [0.1, 0.15) is 44.2 Å². The van der Waals surface area contributed by atoms with E-state index in [4.69, 9.17) is 0 Å². The van der Waals surface area contributed by atoms with E-state index in [9.17, 15) is 4.79 Å². The van der Waals surface area contributed by atoms with Crippen LogP contribution in [-0.2, 0) is 17.6 Å². The SMILES string of the molecule is CCC(C)NCC(=O)Nc1cccc2c1CCCC2. The van der Waals surface area contributed by atoms with Crippen molar-refractivity contribution in [2.75, 3.05) is 11.9 Å². The summed E-state index contributed by atoms with van der Waals surface area (Å²) >= 11 is 0. The third kappa shape index (κ3) is 3.80. The average Bonchev–Trinajstić information content (AvgIpc) is 2.45. The quantitative estimate of drug-likeness (QED) is 0.854. The third-order valence-corrected chi connectivity index (χ3v) is 3.89. The first-order chi connectivity index (χ1) is 9.20. The third-order valence-electron chi connectivity index (χ3n) is 3.89. The summed E-state index contributed by atoms with van der Waals surface area (Å²) in [4.78, 5) is 11.9. The van der Waals surface area contributed by atoms with Crippen LogP contribution in [0.25, 0.3) is 0 Å². The highest BCUT2D eigenvalue weighted by molar-refractivity contribution is 5.93. The Morgan fingerprint density at radius 3 is 2.89 bits per heavy atom. The first-order valence-corrected chi connectivity index (χ1v) is 7.34. The number of aryl methyl sites for hydroxylation is 1. The van der Waals surface area contributed by atoms with Gasteiger partial charge in [0.1, 0.15) is 0 Å². The number of carbonyl (C=O) groups is 1. The molecule has 0 bridgehead atoms. The zero-order valence-electron chi connectivity index (χ0n) is 12.0. The lowest BCUT2D eigenvalue weighted by atomic mass is 9.90. The van der Waals surface area contributed by atoms with E-state index >= 15 is 0 Å². The number of anilines is 1. The Balaban J connectivity index is 1.97. The molecule has 0 heterocycles. The van der Waals surface area contributed by atoms with E-state index in [-0.39, 0.29) is 5.91 Å². The van der Waals surface area contributed by atoms with Crippen molar-refractivity contribution in [2.24, 2.45) is 0 Å². The Morgan fingerprint density at radius 2 is 2.11 bits per heavy atom. The van der Waals surface area contributed by atoms with E-state index in [1.807, 2.05) is 12.1 Å². The summed E-state index contributed by atoms with van der Waals surface area (Å²) in [5.41, 5.74) is 3.75. The molecule has 0 radical (unpaired) electrons. The molecular weight excluding hydrogens is 236 g/mol. The molecule has 0 spiro atoms. The van der Waals surface area contributed by atoms with Crippen LogP contribution in [0.15, 0.2) is 18.2 Å². The standard InChI is InChI=1S/C16H24N2O/c1-3-12(2)17-11-16(19)18-15-10-6-8-13-7-4-5-9-14(13)15/h6,8,10,12,17H,3-5,7,9,11H2,1-2H3,(H,18,19). The van der Waals surface area contributed by atoms with Gasteiger partial charge >= 0.3 is 0 Å². The second-order valence-corrected chi connectivity index (χ2v) is 5.39. The minimum Gasteiger partial charge on any atom is -0.325 e. The highest BCUT2D eigenvalue weighted by atomic mass is 16.1. The lowest BCUT2D eigenvalue weighted by molar-refractivity contribution is -0.115. The number of rotatable bonds is 5. The molecule has 1 unspecified atom stereocenters. The highest BCUT2D eigenvalue weighted by Gasteiger charge is 2.14. The van der Waals surface area contributed by atoms with Crippen LogP contribution >= 0.6 is 0 Å². The maximum absolute atomic E-state index is 11.9. The Hall–Kier alpha value is -1.35. The number of amides is 1. The molecule has 0 aliphatic heterocycles. The van der Waals surface area contributed by atoms with Gasteiger partial charge in [-0.25, -0.2) is 0 Å². The molecule has 1 aliphatic carbocycles. The van der Waals surface area contributed by atoms with Crippen LogP contribution in [-0.4, -0.2) is 18.5 Å². The number of nitrogens with one attached hydrogen (secondary N) is 2. The molecule has 3 nitrogen and oxygen atoms in total. The second kappa shape index (κ2) is 6.71. The van der Waals surface area contributed by atoms with Gasteiger partial charge in [0.25, 0.3) is 0 Å². The predicted octanol–water partition coefficient (Wildman–Crippen LogP) is 2.89. The predicted molar refractivity (Wildman–Crippen MR) is 79.5 cm³/mol. The zero-order valence-corrected chi connectivity index (χ0v) is 12.0. The minimum absolute atomic E-state index is 0.0549. The van der Waals surface area contributed by atoms with Gasteiger partial charge in [-0.2, -0.15) is 0 Å². The average molecular weight is 260 g/mol. The molecule has 0 saturated heterocycles. The van der Waals surface area contributed by atoms with Crippen LogP contribution < -0.4 is 10.6 Å². The van der Waals surface area contributed by atoms with Crippen molar-refractivity contribution in [3.05, 3.63) is 29.3 Å². The van der Waals surface area contributed by atoms with Crippen LogP contribution in [0.4, 0.5) is 5.69 Å². The highest BCUT2D eigenvalue weighted by Crippen LogP contribution is 2.27. The largest absolute Gasteiger partial charge is 0.325 e. The maximum atomic E-state index is 11.9. The van der Waals surface area contributed by atoms with Gasteiger partial charge in [0, 0.05) is 11.7 Å². The first kappa shape index (κ1) is 14.1. The number of hydrogen-bond acceptors (Lipinski definition) is 2. The smallest absolute Gasteiger partial charge is 0.238 e. The van der Waals surface area contributed by atoms with Crippen LogP contribution in [0.2, 0.25) is 0 Å². The molecule has 2 rings (SSSR count). The molecule has 0 saturated carbocycles. The molecule has 1 amide bonds. The molecule has 2 N–H and O–H groups in total. The first-order valence-electron chi connectivity index (χ1n) is 7.34. The second-order valence-electron chi connectivity index (χ2n) is 5.39. The van der Waals surface area contributed by atoms with E-state index in [1.165, 1.54) is 24.0 Å². The molecule has 1 aromatic rings. The number of fused-ring (bicyclic) bond motifs is 1. The van der Waals surface area contributed by atoms with E-state index in [0.717, 1.165) is 24.9 Å². The molecule has 1 aliphatic rings. The van der Waals surface area contributed by atoms with Crippen molar-refractivity contribution in [3.8, 4) is 0 Å². The summed E-state index contributed by atoms with van der Waals surface area (Å²) in [6.07, 6.45) is 5.76. The van der Waals surface area contributed by atoms with Crippen LogP contribution in [0.3, 0.4) is 0 Å². The number of hydrogen-bond donors (Lipinski definition) is 2. The summed E-state index contributed by atoms with van der Waals surface area (Å²) in [5.74, 6) is 0.0549. The van der Waals surface area contributed by atoms with Crippen LogP contribution in [0.5, 0.6) is 0 Å². The van der Waals surface area contributed by atoms with E-state index < -0.39 is 0 Å². The normalized spacial score (nSPS) is 15.7. The van der Waals surface area contributed by atoms with Crippen LogP contribution in [0, 0.1) is 0 Å². The van der Waals surface area contributed by atoms with Crippen molar-refractivity contribution in [2.45, 2.75) is 52.0 Å². The van der Waals surface area contributed by atoms with Gasteiger partial charge in [0.2, 0.25) is 5.91 Å². The molecular formula is C16H24N2O. The molecule has 1 atom stereocenters. The monoisotopic (exact) mass is 260 g/mol. The van der Waals surface area contributed by atoms with E-state index in [0.29, 0.717) is 12.6 Å². The zero-order chi connectivity index (χ0) is 13.7. The molecule has 1 aromatic carbocycles. The fourth-order valence-corrected chi connectivity index (χ4v) is 2.50. The molecule has 19 heavy (non-hydrogen) atoms. The lowest BCUT2D eigenvalue weighted by Crippen LogP contribution is -2.34. The summed E-state index contributed by atoms with van der Waals surface area (Å²) in [5, 5.41) is 6.27. The number of benzene rings is 1. The Kier molecular flexibility index (Phi) is 4.97. The van der Waals surface area contributed by atoms with Crippen molar-refractivity contribution < 1.29 is 4.79 Å². The lowest BCUT2D eigenvalue weighted by Gasteiger charge is -2.20.